The summed E-state index contributed by atoms with van der Waals surface area (Å²) in [7, 11) is 0. The number of aliphatic hydroxyl groups excluding tert-OH is 1. The lowest BCUT2D eigenvalue weighted by Gasteiger charge is -2.36. The molecule has 1 aliphatic carbocycles. The van der Waals surface area contributed by atoms with E-state index in [9.17, 15) is 14.3 Å². The third kappa shape index (κ3) is 6.17. The maximum Gasteiger partial charge on any atom is 0.234 e. The molecule has 2 fully saturated rings. The quantitative estimate of drug-likeness (QED) is 0.472. The smallest absolute Gasteiger partial charge is 0.234 e. The van der Waals surface area contributed by atoms with E-state index >= 15 is 0 Å². The number of aliphatic imine (C=N–C) groups is 1. The van der Waals surface area contributed by atoms with E-state index in [1.165, 1.54) is 12.1 Å². The number of nitrogens with zero attached hydrogens (tertiary/aromatic N) is 3. The maximum absolute atomic E-state index is 13.0. The van der Waals surface area contributed by atoms with E-state index in [1.54, 1.807) is 12.1 Å². The first-order chi connectivity index (χ1) is 13.5. The Morgan fingerprint density at radius 3 is 2.54 bits per heavy atom. The number of aliphatic hydroxyl groups is 1. The van der Waals surface area contributed by atoms with Crippen molar-refractivity contribution in [1.29, 1.82) is 0 Å². The van der Waals surface area contributed by atoms with E-state index in [1.807, 2.05) is 6.92 Å². The van der Waals surface area contributed by atoms with Gasteiger partial charge in [0.2, 0.25) is 5.91 Å². The molecule has 1 aliphatic heterocycles. The number of carbonyl (C=O) groups excluding carboxylic acids is 1. The van der Waals surface area contributed by atoms with Crippen LogP contribution in [0.15, 0.2) is 29.3 Å². The molecule has 3 N–H and O–H groups in total. The third-order valence-electron chi connectivity index (χ3n) is 4.99. The molecule has 1 atom stereocenters. The molecule has 8 heteroatoms. The Morgan fingerprint density at radius 2 is 1.93 bits per heavy atom. The van der Waals surface area contributed by atoms with Crippen LogP contribution in [0.3, 0.4) is 0 Å². The van der Waals surface area contributed by atoms with Crippen LogP contribution in [0.4, 0.5) is 4.39 Å². The standard InChI is InChI=1S/C20H30FN5O2/c1-2-22-20(23-13-18(27)15-3-5-16(21)6-4-15)26-11-9-25(10-12-26)14-19(28)24-17-7-8-17/h3-6,17-18,27H,2,7-14H2,1H3,(H,22,23)(H,24,28). The van der Waals surface area contributed by atoms with E-state index in [4.69, 9.17) is 0 Å². The van der Waals surface area contributed by atoms with Gasteiger partial charge in [0.1, 0.15) is 5.82 Å². The summed E-state index contributed by atoms with van der Waals surface area (Å²) < 4.78 is 13.0. The van der Waals surface area contributed by atoms with Gasteiger partial charge in [-0.3, -0.25) is 14.7 Å². The third-order valence-corrected chi connectivity index (χ3v) is 4.99. The molecule has 1 heterocycles. The maximum atomic E-state index is 13.0. The van der Waals surface area contributed by atoms with E-state index in [-0.39, 0.29) is 18.3 Å². The second-order valence-corrected chi connectivity index (χ2v) is 7.37. The number of hydrogen-bond acceptors (Lipinski definition) is 4. The van der Waals surface area contributed by atoms with Gasteiger partial charge < -0.3 is 20.6 Å². The Kier molecular flexibility index (Phi) is 7.22. The van der Waals surface area contributed by atoms with Crippen molar-refractivity contribution in [1.82, 2.24) is 20.4 Å². The summed E-state index contributed by atoms with van der Waals surface area (Å²) in [6.45, 7) is 6.52. The number of benzene rings is 1. The van der Waals surface area contributed by atoms with Gasteiger partial charge in [-0.1, -0.05) is 12.1 Å². The van der Waals surface area contributed by atoms with Crippen molar-refractivity contribution in [2.24, 2.45) is 4.99 Å². The van der Waals surface area contributed by atoms with Crippen LogP contribution in [0.5, 0.6) is 0 Å². The minimum Gasteiger partial charge on any atom is -0.386 e. The molecule has 0 aromatic heterocycles. The minimum absolute atomic E-state index is 0.110. The first-order valence-corrected chi connectivity index (χ1v) is 10.0. The summed E-state index contributed by atoms with van der Waals surface area (Å²) in [5, 5.41) is 16.6. The zero-order valence-corrected chi connectivity index (χ0v) is 16.4. The van der Waals surface area contributed by atoms with Crippen LogP contribution in [0.1, 0.15) is 31.4 Å². The SMILES string of the molecule is CCNC(=NCC(O)c1ccc(F)cc1)N1CCN(CC(=O)NC2CC2)CC1. The molecule has 154 valence electrons. The normalized spacial score (nSPS) is 19.4. The van der Waals surface area contributed by atoms with Gasteiger partial charge in [-0.2, -0.15) is 0 Å². The number of nitrogens with one attached hydrogen (secondary N) is 2. The average molecular weight is 391 g/mol. The molecule has 1 aromatic rings. The van der Waals surface area contributed by atoms with E-state index < -0.39 is 6.10 Å². The lowest BCUT2D eigenvalue weighted by Crippen LogP contribution is -2.54. The van der Waals surface area contributed by atoms with Crippen LogP contribution >= 0.6 is 0 Å². The summed E-state index contributed by atoms with van der Waals surface area (Å²) in [5.41, 5.74) is 0.646. The second kappa shape index (κ2) is 9.84. The van der Waals surface area contributed by atoms with Crippen molar-refractivity contribution < 1.29 is 14.3 Å². The average Bonchev–Trinajstić information content (AvgIpc) is 3.50. The molecule has 1 aromatic carbocycles. The fourth-order valence-corrected chi connectivity index (χ4v) is 3.21. The zero-order valence-electron chi connectivity index (χ0n) is 16.4. The van der Waals surface area contributed by atoms with Gasteiger partial charge >= 0.3 is 0 Å². The highest BCUT2D eigenvalue weighted by Crippen LogP contribution is 2.18. The number of rotatable bonds is 7. The van der Waals surface area contributed by atoms with Crippen LogP contribution in [0.2, 0.25) is 0 Å². The summed E-state index contributed by atoms with van der Waals surface area (Å²) in [6, 6.07) is 6.23. The van der Waals surface area contributed by atoms with Crippen molar-refractivity contribution >= 4 is 11.9 Å². The first-order valence-electron chi connectivity index (χ1n) is 10.0. The van der Waals surface area contributed by atoms with Gasteiger partial charge in [0, 0.05) is 38.8 Å². The molecule has 2 aliphatic rings. The first kappa shape index (κ1) is 20.5. The Balaban J connectivity index is 1.49. The molecule has 1 amide bonds. The Labute approximate surface area is 165 Å². The number of carbonyl (C=O) groups is 1. The van der Waals surface area contributed by atoms with Gasteiger partial charge in [0.25, 0.3) is 0 Å². The van der Waals surface area contributed by atoms with Crippen molar-refractivity contribution in [3.63, 3.8) is 0 Å². The zero-order chi connectivity index (χ0) is 19.9. The van der Waals surface area contributed by atoms with Gasteiger partial charge in [0.05, 0.1) is 19.2 Å². The molecule has 3 rings (SSSR count). The van der Waals surface area contributed by atoms with Crippen LogP contribution in [0.25, 0.3) is 0 Å². The van der Waals surface area contributed by atoms with E-state index in [2.05, 4.69) is 25.4 Å². The number of guanidine groups is 1. The van der Waals surface area contributed by atoms with Gasteiger partial charge in [0.15, 0.2) is 5.96 Å². The van der Waals surface area contributed by atoms with Crippen molar-refractivity contribution in [3.8, 4) is 0 Å². The molecule has 0 bridgehead atoms. The molecular formula is C20H30FN5O2. The van der Waals surface area contributed by atoms with Gasteiger partial charge in [-0.15, -0.1) is 0 Å². The molecular weight excluding hydrogens is 361 g/mol. The van der Waals surface area contributed by atoms with Crippen LogP contribution in [-0.2, 0) is 4.79 Å². The summed E-state index contributed by atoms with van der Waals surface area (Å²) in [6.07, 6.45) is 1.43. The topological polar surface area (TPSA) is 80.2 Å². The predicted molar refractivity (Wildman–Crippen MR) is 107 cm³/mol. The molecule has 0 radical (unpaired) electrons. The molecule has 7 nitrogen and oxygen atoms in total. The fraction of sp³-hybridized carbons (Fsp3) is 0.600. The minimum atomic E-state index is -0.776. The van der Waals surface area contributed by atoms with Crippen molar-refractivity contribution in [3.05, 3.63) is 35.6 Å². The lowest BCUT2D eigenvalue weighted by molar-refractivity contribution is -0.122. The number of piperazine rings is 1. The highest BCUT2D eigenvalue weighted by atomic mass is 19.1. The van der Waals surface area contributed by atoms with Crippen LogP contribution in [-0.4, -0.2) is 78.6 Å². The molecule has 1 saturated carbocycles. The van der Waals surface area contributed by atoms with E-state index in [0.29, 0.717) is 18.2 Å². The highest BCUT2D eigenvalue weighted by molar-refractivity contribution is 5.80. The Morgan fingerprint density at radius 1 is 1.25 bits per heavy atom. The monoisotopic (exact) mass is 391 g/mol. The second-order valence-electron chi connectivity index (χ2n) is 7.37. The molecule has 1 unspecified atom stereocenters. The largest absolute Gasteiger partial charge is 0.386 e. The highest BCUT2D eigenvalue weighted by Gasteiger charge is 2.26. The van der Waals surface area contributed by atoms with Crippen molar-refractivity contribution in [2.45, 2.75) is 31.9 Å². The number of amides is 1. The van der Waals surface area contributed by atoms with E-state index in [0.717, 1.165) is 51.5 Å². The molecule has 28 heavy (non-hydrogen) atoms. The lowest BCUT2D eigenvalue weighted by atomic mass is 10.1. The van der Waals surface area contributed by atoms with Crippen LogP contribution in [0, 0.1) is 5.82 Å². The summed E-state index contributed by atoms with van der Waals surface area (Å²) in [5.74, 6) is 0.543. The van der Waals surface area contributed by atoms with Crippen molar-refractivity contribution in [2.75, 3.05) is 45.8 Å². The van der Waals surface area contributed by atoms with Gasteiger partial charge in [-0.05, 0) is 37.5 Å². The Hall–Kier alpha value is -2.19. The van der Waals surface area contributed by atoms with Gasteiger partial charge in [-0.25, -0.2) is 4.39 Å². The number of hydrogen-bond donors (Lipinski definition) is 3. The number of halogens is 1. The Bertz CT molecular complexity index is 670. The fourth-order valence-electron chi connectivity index (χ4n) is 3.21. The summed E-state index contributed by atoms with van der Waals surface area (Å²) in [4.78, 5) is 20.8. The summed E-state index contributed by atoms with van der Waals surface area (Å²) >= 11 is 0. The van der Waals surface area contributed by atoms with Crippen LogP contribution < -0.4 is 10.6 Å². The molecule has 0 spiro atoms. The molecule has 1 saturated heterocycles. The predicted octanol–water partition coefficient (Wildman–Crippen LogP) is 0.721.